The predicted octanol–water partition coefficient (Wildman–Crippen LogP) is 1.15. The van der Waals surface area contributed by atoms with Gasteiger partial charge >= 0.3 is 0 Å². The lowest BCUT2D eigenvalue weighted by atomic mass is 9.95. The summed E-state index contributed by atoms with van der Waals surface area (Å²) in [6.45, 7) is 7.45. The highest BCUT2D eigenvalue weighted by atomic mass is 15.3. The molecule has 0 aromatic heterocycles. The van der Waals surface area contributed by atoms with Crippen molar-refractivity contribution in [2.45, 2.75) is 50.7 Å². The number of nitrogens with one attached hydrogen (secondary N) is 1. The Morgan fingerprint density at radius 3 is 2.65 bits per heavy atom. The average Bonchev–Trinajstić information content (AvgIpc) is 2.53. The SMILES string of the molecule is CC1CNCC(N2CCC3CCC(C2)N3C)C1. The van der Waals surface area contributed by atoms with Gasteiger partial charge in [0, 0.05) is 37.8 Å². The molecule has 0 aromatic carbocycles. The van der Waals surface area contributed by atoms with Gasteiger partial charge in [0.15, 0.2) is 0 Å². The number of rotatable bonds is 1. The average molecular weight is 237 g/mol. The van der Waals surface area contributed by atoms with E-state index in [9.17, 15) is 0 Å². The van der Waals surface area contributed by atoms with E-state index in [0.29, 0.717) is 0 Å². The zero-order valence-electron chi connectivity index (χ0n) is 11.4. The third kappa shape index (κ3) is 2.38. The van der Waals surface area contributed by atoms with Crippen LogP contribution in [0, 0.1) is 5.92 Å². The van der Waals surface area contributed by atoms with Crippen molar-refractivity contribution in [1.29, 1.82) is 0 Å². The van der Waals surface area contributed by atoms with Crippen LogP contribution in [-0.4, -0.2) is 61.2 Å². The molecule has 3 heterocycles. The molecule has 1 N–H and O–H groups in total. The number of piperidine rings is 1. The normalized spacial score (nSPS) is 44.8. The number of fused-ring (bicyclic) bond motifs is 2. The van der Waals surface area contributed by atoms with Gasteiger partial charge in [0.2, 0.25) is 0 Å². The number of likely N-dealkylation sites (N-methyl/N-ethyl adjacent to an activating group) is 1. The summed E-state index contributed by atoms with van der Waals surface area (Å²) in [5.74, 6) is 0.854. The fourth-order valence-corrected chi connectivity index (χ4v) is 4.07. The second kappa shape index (κ2) is 4.87. The first-order valence-corrected chi connectivity index (χ1v) is 7.40. The summed E-state index contributed by atoms with van der Waals surface area (Å²) >= 11 is 0. The Balaban J connectivity index is 1.64. The summed E-state index contributed by atoms with van der Waals surface area (Å²) in [5.41, 5.74) is 0. The number of hydrogen-bond acceptors (Lipinski definition) is 3. The first kappa shape index (κ1) is 11.9. The van der Waals surface area contributed by atoms with E-state index in [-0.39, 0.29) is 0 Å². The molecule has 0 aromatic rings. The molecule has 0 radical (unpaired) electrons. The number of likely N-dealkylation sites (tertiary alicyclic amines) is 1. The van der Waals surface area contributed by atoms with Crippen LogP contribution in [0.25, 0.3) is 0 Å². The second-order valence-corrected chi connectivity index (χ2v) is 6.49. The smallest absolute Gasteiger partial charge is 0.0224 e. The van der Waals surface area contributed by atoms with Crippen molar-refractivity contribution in [3.05, 3.63) is 0 Å². The summed E-state index contributed by atoms with van der Waals surface area (Å²) in [7, 11) is 2.34. The molecule has 3 aliphatic rings. The summed E-state index contributed by atoms with van der Waals surface area (Å²) in [5, 5.41) is 3.60. The van der Waals surface area contributed by atoms with Gasteiger partial charge in [-0.15, -0.1) is 0 Å². The van der Waals surface area contributed by atoms with Crippen molar-refractivity contribution in [3.8, 4) is 0 Å². The van der Waals surface area contributed by atoms with Crippen molar-refractivity contribution in [2.75, 3.05) is 33.2 Å². The van der Waals surface area contributed by atoms with E-state index in [0.717, 1.165) is 24.0 Å². The molecule has 4 unspecified atom stereocenters. The Kier molecular flexibility index (Phi) is 3.42. The van der Waals surface area contributed by atoms with Crippen LogP contribution < -0.4 is 5.32 Å². The van der Waals surface area contributed by atoms with Gasteiger partial charge in [0.25, 0.3) is 0 Å². The van der Waals surface area contributed by atoms with E-state index in [2.05, 4.69) is 29.1 Å². The third-order valence-corrected chi connectivity index (χ3v) is 5.24. The van der Waals surface area contributed by atoms with Crippen molar-refractivity contribution in [2.24, 2.45) is 5.92 Å². The van der Waals surface area contributed by atoms with Crippen LogP contribution in [-0.2, 0) is 0 Å². The quantitative estimate of drug-likeness (QED) is 0.738. The van der Waals surface area contributed by atoms with E-state index >= 15 is 0 Å². The second-order valence-electron chi connectivity index (χ2n) is 6.49. The molecule has 3 saturated heterocycles. The van der Waals surface area contributed by atoms with Gasteiger partial charge < -0.3 is 5.32 Å². The van der Waals surface area contributed by atoms with Crippen molar-refractivity contribution < 1.29 is 0 Å². The summed E-state index contributed by atoms with van der Waals surface area (Å²) in [6, 6.07) is 2.50. The molecule has 2 bridgehead atoms. The van der Waals surface area contributed by atoms with Gasteiger partial charge in [-0.25, -0.2) is 0 Å². The van der Waals surface area contributed by atoms with Crippen molar-refractivity contribution in [1.82, 2.24) is 15.1 Å². The molecule has 0 spiro atoms. The minimum Gasteiger partial charge on any atom is -0.315 e. The van der Waals surface area contributed by atoms with E-state index in [1.54, 1.807) is 0 Å². The predicted molar refractivity (Wildman–Crippen MR) is 71.2 cm³/mol. The van der Waals surface area contributed by atoms with Crippen molar-refractivity contribution in [3.63, 3.8) is 0 Å². The molecule has 3 aliphatic heterocycles. The molecule has 0 aliphatic carbocycles. The maximum Gasteiger partial charge on any atom is 0.0224 e. The Morgan fingerprint density at radius 1 is 1.00 bits per heavy atom. The molecule has 3 nitrogen and oxygen atoms in total. The minimum absolute atomic E-state index is 0.798. The molecule has 0 amide bonds. The van der Waals surface area contributed by atoms with Gasteiger partial charge in [0.05, 0.1) is 0 Å². The molecule has 4 atom stereocenters. The zero-order valence-corrected chi connectivity index (χ0v) is 11.4. The fraction of sp³-hybridized carbons (Fsp3) is 1.00. The minimum atomic E-state index is 0.798. The maximum absolute atomic E-state index is 3.60. The highest BCUT2D eigenvalue weighted by Crippen LogP contribution is 2.30. The largest absolute Gasteiger partial charge is 0.315 e. The van der Waals surface area contributed by atoms with E-state index in [1.807, 2.05) is 0 Å². The van der Waals surface area contributed by atoms with Crippen molar-refractivity contribution >= 4 is 0 Å². The Hall–Kier alpha value is -0.120. The van der Waals surface area contributed by atoms with Crippen LogP contribution in [0.5, 0.6) is 0 Å². The lowest BCUT2D eigenvalue weighted by Gasteiger charge is -2.38. The number of nitrogens with zero attached hydrogens (tertiary/aromatic N) is 2. The zero-order chi connectivity index (χ0) is 11.8. The van der Waals surface area contributed by atoms with Crippen LogP contribution in [0.15, 0.2) is 0 Å². The monoisotopic (exact) mass is 237 g/mol. The molecule has 17 heavy (non-hydrogen) atoms. The third-order valence-electron chi connectivity index (χ3n) is 5.24. The van der Waals surface area contributed by atoms with E-state index < -0.39 is 0 Å². The lowest BCUT2D eigenvalue weighted by Crippen LogP contribution is -2.51. The first-order valence-electron chi connectivity index (χ1n) is 7.40. The Labute approximate surface area is 106 Å². The van der Waals surface area contributed by atoms with Gasteiger partial charge in [-0.3, -0.25) is 9.80 Å². The fourth-order valence-electron chi connectivity index (χ4n) is 4.07. The topological polar surface area (TPSA) is 18.5 Å². The van der Waals surface area contributed by atoms with Gasteiger partial charge in [-0.05, 0) is 45.2 Å². The van der Waals surface area contributed by atoms with Gasteiger partial charge in [-0.2, -0.15) is 0 Å². The molecule has 3 rings (SSSR count). The molecule has 3 heteroatoms. The van der Waals surface area contributed by atoms with E-state index in [1.165, 1.54) is 51.9 Å². The van der Waals surface area contributed by atoms with Crippen LogP contribution >= 0.6 is 0 Å². The molecule has 3 fully saturated rings. The van der Waals surface area contributed by atoms with Gasteiger partial charge in [-0.1, -0.05) is 6.92 Å². The summed E-state index contributed by atoms with van der Waals surface area (Å²) in [6.07, 6.45) is 5.65. The Morgan fingerprint density at radius 2 is 1.82 bits per heavy atom. The molecular weight excluding hydrogens is 210 g/mol. The van der Waals surface area contributed by atoms with Crippen LogP contribution in [0.1, 0.15) is 32.6 Å². The molecule has 0 saturated carbocycles. The molecular formula is C14H27N3. The first-order chi connectivity index (χ1) is 8.24. The molecule has 98 valence electrons. The maximum atomic E-state index is 3.60. The van der Waals surface area contributed by atoms with Gasteiger partial charge in [0.1, 0.15) is 0 Å². The standard InChI is InChI=1S/C14H27N3/c1-11-7-14(9-15-8-11)17-6-5-12-3-4-13(10-17)16(12)2/h11-15H,3-10H2,1-2H3. The lowest BCUT2D eigenvalue weighted by molar-refractivity contribution is 0.131. The van der Waals surface area contributed by atoms with Crippen LogP contribution in [0.4, 0.5) is 0 Å². The number of hydrogen-bond donors (Lipinski definition) is 1. The summed E-state index contributed by atoms with van der Waals surface area (Å²) < 4.78 is 0. The Bertz CT molecular complexity index is 268. The highest BCUT2D eigenvalue weighted by Gasteiger charge is 2.37. The van der Waals surface area contributed by atoms with Crippen LogP contribution in [0.2, 0.25) is 0 Å². The summed E-state index contributed by atoms with van der Waals surface area (Å²) in [4.78, 5) is 5.43. The highest BCUT2D eigenvalue weighted by molar-refractivity contribution is 4.94. The van der Waals surface area contributed by atoms with Crippen LogP contribution in [0.3, 0.4) is 0 Å². The van der Waals surface area contributed by atoms with E-state index in [4.69, 9.17) is 0 Å².